The molecule has 15 atom stereocenters. The predicted octanol–water partition coefficient (Wildman–Crippen LogP) is 0.697. The summed E-state index contributed by atoms with van der Waals surface area (Å²) in [4.78, 5) is 246. The highest BCUT2D eigenvalue weighted by Crippen LogP contribution is 2.29. The summed E-state index contributed by atoms with van der Waals surface area (Å²) in [5.74, 6) is -17.5. The summed E-state index contributed by atoms with van der Waals surface area (Å²) in [6, 6.07) is 22.8. The molecule has 7 aromatic rings. The van der Waals surface area contributed by atoms with E-state index in [9.17, 15) is 54.3 Å². The van der Waals surface area contributed by atoms with Gasteiger partial charge in [-0.2, -0.15) is 0 Å². The topological polar surface area (TPSA) is 541 Å². The van der Waals surface area contributed by atoms with Crippen LogP contribution < -0.4 is 53.6 Å². The molecule has 1 aromatic heterocycles. The van der Waals surface area contributed by atoms with E-state index in [1.165, 1.54) is 76.6 Å². The number of phenols is 2. The Morgan fingerprint density at radius 3 is 1.46 bits per heavy atom. The second-order valence-corrected chi connectivity index (χ2v) is 35.4. The number of hydrogen-bond acceptors (Lipinski definition) is 21. The lowest BCUT2D eigenvalue weighted by Crippen LogP contribution is -2.61. The highest BCUT2D eigenvalue weighted by atomic mass is 32.2. The third-order valence-electron chi connectivity index (χ3n) is 23.7. The molecule has 3 aliphatic heterocycles. The Balaban J connectivity index is 1.05. The first-order chi connectivity index (χ1) is 63.4. The number of hydrogen-bond donors (Lipinski definition) is 16. The number of aromatic hydroxyl groups is 2. The summed E-state index contributed by atoms with van der Waals surface area (Å²) in [6.07, 6.45) is -4.13. The number of carbonyl (C=O) groups excluding carboxylic acids is 15. The number of primary amides is 1. The molecule has 6 aromatic carbocycles. The van der Waals surface area contributed by atoms with Gasteiger partial charge in [-0.25, -0.2) is 0 Å². The van der Waals surface area contributed by atoms with Crippen molar-refractivity contribution in [3.05, 3.63) is 203 Å². The maximum Gasteiger partial charge on any atom is 0.305 e. The average Bonchev–Trinajstić information content (AvgIpc) is 1.72. The number of aliphatic hydroxyl groups excluding tert-OH is 2. The summed E-state index contributed by atoms with van der Waals surface area (Å²) in [7, 11) is 3.92. The van der Waals surface area contributed by atoms with Crippen molar-refractivity contribution in [1.82, 2.24) is 77.3 Å². The second-order valence-electron chi connectivity index (χ2n) is 34.3. The Morgan fingerprint density at radius 2 is 0.917 bits per heavy atom. The summed E-state index contributed by atoms with van der Waals surface area (Å²) in [5, 5.41) is 78.6. The van der Waals surface area contributed by atoms with Gasteiger partial charge in [0.05, 0.1) is 30.9 Å². The number of rotatable bonds is 22. The van der Waals surface area contributed by atoms with Crippen LogP contribution in [0.15, 0.2) is 170 Å². The van der Waals surface area contributed by atoms with Crippen LogP contribution in [0.1, 0.15) is 106 Å². The number of fused-ring (bicyclic) bond motifs is 3. The number of benzene rings is 6. The number of aromatic amines is 1. The van der Waals surface area contributed by atoms with Gasteiger partial charge in [-0.3, -0.25) is 76.7 Å². The van der Waals surface area contributed by atoms with E-state index in [2.05, 4.69) is 52.8 Å². The molecular weight excluding hydrogens is 1730 g/mol. The molecule has 710 valence electrons. The molecule has 3 saturated heterocycles. The normalized spacial score (nSPS) is 24.6. The first-order valence-electron chi connectivity index (χ1n) is 44.2. The minimum atomic E-state index is -1.99. The van der Waals surface area contributed by atoms with Crippen LogP contribution in [0.25, 0.3) is 10.9 Å². The molecule has 15 amide bonds. The number of thioether (sulfide) groups is 1. The fourth-order valence-electron chi connectivity index (χ4n) is 16.6. The average molecular weight is 1850 g/mol. The number of aliphatic carboxylic acids is 1. The number of amides is 15. The van der Waals surface area contributed by atoms with Crippen LogP contribution in [-0.4, -0.2) is 293 Å². The number of aromatic nitrogens is 1. The van der Waals surface area contributed by atoms with Crippen molar-refractivity contribution in [2.24, 2.45) is 11.7 Å². The lowest BCUT2D eigenvalue weighted by molar-refractivity contribution is -0.152. The number of nitrogens with two attached hydrogens (primary N) is 1. The van der Waals surface area contributed by atoms with E-state index >= 15 is 47.9 Å². The maximum absolute atomic E-state index is 15.7. The van der Waals surface area contributed by atoms with E-state index < -0.39 is 236 Å². The number of aliphatic hydroxyl groups is 2. The third-order valence-corrected chi connectivity index (χ3v) is 24.8. The number of unbranched alkanes of at least 4 members (excludes halogenated alkanes) is 1. The third kappa shape index (κ3) is 28.4. The van der Waals surface area contributed by atoms with E-state index in [0.717, 1.165) is 36.3 Å². The Labute approximate surface area is 773 Å². The Kier molecular flexibility index (Phi) is 36.5. The van der Waals surface area contributed by atoms with Gasteiger partial charge < -0.3 is 109 Å². The van der Waals surface area contributed by atoms with Crippen LogP contribution in [0.4, 0.5) is 0 Å². The summed E-state index contributed by atoms with van der Waals surface area (Å²) >= 11 is 0.812. The molecular formula is C95H118N16O21S. The Hall–Kier alpha value is -13.8. The van der Waals surface area contributed by atoms with Gasteiger partial charge in [0.2, 0.25) is 88.6 Å². The van der Waals surface area contributed by atoms with Gasteiger partial charge in [0, 0.05) is 108 Å². The van der Waals surface area contributed by atoms with Crippen molar-refractivity contribution < 1.29 is 102 Å². The number of likely N-dealkylation sites (N-methyl/N-ethyl adjacent to an activating group) is 3. The van der Waals surface area contributed by atoms with Crippen molar-refractivity contribution in [2.45, 2.75) is 202 Å². The minimum absolute atomic E-state index is 0.0366. The summed E-state index contributed by atoms with van der Waals surface area (Å²) < 4.78 is 0. The lowest BCUT2D eigenvalue weighted by atomic mass is 9.99. The molecule has 17 N–H and O–H groups in total. The van der Waals surface area contributed by atoms with Gasteiger partial charge in [-0.05, 0) is 89.4 Å². The molecule has 0 spiro atoms. The van der Waals surface area contributed by atoms with E-state index in [1.807, 2.05) is 6.92 Å². The quantitative estimate of drug-likeness (QED) is 0.0444. The van der Waals surface area contributed by atoms with Crippen LogP contribution in [0, 0.1) is 5.92 Å². The number of carboxylic acids is 1. The second kappa shape index (κ2) is 47.9. The molecule has 37 nitrogen and oxygen atoms in total. The van der Waals surface area contributed by atoms with Crippen molar-refractivity contribution in [2.75, 3.05) is 52.3 Å². The van der Waals surface area contributed by atoms with Crippen LogP contribution >= 0.6 is 11.8 Å². The lowest BCUT2D eigenvalue weighted by Gasteiger charge is -2.38. The largest absolute Gasteiger partial charge is 0.508 e. The number of nitrogens with zero attached hydrogens (tertiary/aromatic N) is 5. The van der Waals surface area contributed by atoms with E-state index in [0.29, 0.717) is 57.1 Å². The highest BCUT2D eigenvalue weighted by molar-refractivity contribution is 8.00. The highest BCUT2D eigenvalue weighted by Gasteiger charge is 2.48. The van der Waals surface area contributed by atoms with Crippen LogP contribution in [-0.2, 0) is 115 Å². The number of phenolic OH excluding ortho intramolecular Hbond substituents is 2. The maximum atomic E-state index is 15.7. The smallest absolute Gasteiger partial charge is 0.305 e. The molecule has 0 bridgehead atoms. The first kappa shape index (κ1) is 101. The zero-order valence-electron chi connectivity index (χ0n) is 75.1. The predicted molar refractivity (Wildman–Crippen MR) is 490 cm³/mol. The molecule has 10 rings (SSSR count). The fourth-order valence-corrected chi connectivity index (χ4v) is 17.5. The van der Waals surface area contributed by atoms with E-state index in [4.69, 9.17) is 5.73 Å². The molecule has 3 fully saturated rings. The number of H-pyrrole nitrogens is 1. The number of carboxylic acid groups (broad SMARTS) is 1. The monoisotopic (exact) mass is 1850 g/mol. The zero-order valence-corrected chi connectivity index (χ0v) is 75.9. The van der Waals surface area contributed by atoms with E-state index in [1.54, 1.807) is 135 Å². The minimum Gasteiger partial charge on any atom is -0.508 e. The van der Waals surface area contributed by atoms with Crippen molar-refractivity contribution >= 4 is 117 Å². The molecule has 0 radical (unpaired) electrons. The zero-order chi connectivity index (χ0) is 96.4. The van der Waals surface area contributed by atoms with Gasteiger partial charge in [-0.15, -0.1) is 11.8 Å². The standard InChI is InChI=1S/C95H118N16O21S/c1-8-9-29-75-95(132)111-51-65(115)46-78(111)90(127)104-71(47-82(118)119)84(121)99-55(4)91(128)108(6)76(42-57-23-15-11-16-24-57)88(125)105-73(41-60-32-36-63(113)37-33-60)93(130)110-50-64(114)45-77(110)89(126)103-70(44-61-48-97-67-28-20-19-27-66(61)67)87(124)102-69(39-59-30-34-62(112)35-31-59)86(123)101-68(38-54(2)3)85(122)106-74(83(120)98-49-80(96)116)52-133-53-81(117)100-72(40-56-21-13-10-14-22-56)92(129)109(7)79(94(131)107(75)5)43-58-25-17-12-18-26-58/h10-28,30-37,48,54-55,64-65,68-79,97,112-115H,8-9,29,38-47,49-53H2,1-7H3,(H2,96,116)(H,98,120)(H,99,121)(H,100,117)(H,101,123)(H,102,124)(H,103,126)(H,104,127)(H,105,125)(H,106,122)(H,118,119)/t55-,64-,65-,68-,69-,70-,71-,72-,73-,74-,75-,76-,77+,78+,79-/m0/s1. The number of nitrogens with one attached hydrogen (secondary N) is 10. The van der Waals surface area contributed by atoms with Crippen molar-refractivity contribution in [3.63, 3.8) is 0 Å². The van der Waals surface area contributed by atoms with Gasteiger partial charge >= 0.3 is 5.97 Å². The number of carbonyl (C=O) groups is 16. The summed E-state index contributed by atoms with van der Waals surface area (Å²) in [5.41, 5.74) is 8.90. The molecule has 0 aliphatic carbocycles. The summed E-state index contributed by atoms with van der Waals surface area (Å²) in [6.45, 7) is 4.81. The fraction of sp³-hybridized carbons (Fsp3) is 0.432. The number of para-hydroxylation sites is 1. The van der Waals surface area contributed by atoms with Crippen molar-refractivity contribution in [3.8, 4) is 11.5 Å². The van der Waals surface area contributed by atoms with Gasteiger partial charge in [0.15, 0.2) is 0 Å². The molecule has 0 saturated carbocycles. The van der Waals surface area contributed by atoms with Gasteiger partial charge in [0.25, 0.3) is 0 Å². The molecule has 38 heteroatoms. The first-order valence-corrected chi connectivity index (χ1v) is 45.4. The van der Waals surface area contributed by atoms with Crippen molar-refractivity contribution in [1.29, 1.82) is 0 Å². The molecule has 133 heavy (non-hydrogen) atoms. The van der Waals surface area contributed by atoms with Crippen LogP contribution in [0.3, 0.4) is 0 Å². The van der Waals surface area contributed by atoms with Crippen LogP contribution in [0.5, 0.6) is 11.5 Å². The van der Waals surface area contributed by atoms with E-state index in [-0.39, 0.29) is 68.8 Å². The van der Waals surface area contributed by atoms with Gasteiger partial charge in [-0.1, -0.05) is 167 Å². The molecule has 0 unspecified atom stereocenters. The van der Waals surface area contributed by atoms with Gasteiger partial charge in [0.1, 0.15) is 90.0 Å². The Morgan fingerprint density at radius 1 is 0.474 bits per heavy atom. The molecule has 3 aliphatic rings. The Bertz CT molecular complexity index is 5290. The molecule has 4 heterocycles. The van der Waals surface area contributed by atoms with Crippen LogP contribution in [0.2, 0.25) is 0 Å². The SMILES string of the molecule is CCCC[C@H]1C(=O)N2C[C@@H](O)C[C@@H]2C(=O)N[C@@H](CC(=O)O)C(=O)N[C@@H](C)C(=O)N(C)[C@@H](Cc2ccccc2)C(=O)N[C@@H](Cc2ccc(O)cc2)C(=O)N2C[C@@H](O)C[C@@H]2C(=O)N[C@@H](Cc2c[nH]c3ccccc23)C(=O)N[C@@H](Cc2ccc(O)cc2)C(=O)N[C@@H](CC(C)C)C(=O)N[C@H](C(=O)NCC(N)=O)CSCC(=O)N[C@@H](Cc2ccccc2)C(=O)N(C)[C@@H](Cc2ccccc2)C(=O)N1C.